The Bertz CT molecular complexity index is 1480. The van der Waals surface area contributed by atoms with E-state index in [1.54, 1.807) is 30.3 Å². The van der Waals surface area contributed by atoms with Gasteiger partial charge in [-0.1, -0.05) is 86.0 Å². The molecule has 1 atom stereocenters. The van der Waals surface area contributed by atoms with Crippen LogP contribution in [0.3, 0.4) is 0 Å². The van der Waals surface area contributed by atoms with Gasteiger partial charge in [0.2, 0.25) is 21.8 Å². The second-order valence-corrected chi connectivity index (χ2v) is 13.3. The summed E-state index contributed by atoms with van der Waals surface area (Å²) in [6.45, 7) is 1.86. The van der Waals surface area contributed by atoms with Crippen LogP contribution in [0, 0.1) is 12.7 Å². The van der Waals surface area contributed by atoms with E-state index in [9.17, 15) is 22.4 Å². The highest BCUT2D eigenvalue weighted by Gasteiger charge is 2.32. The number of benzene rings is 3. The van der Waals surface area contributed by atoms with Crippen LogP contribution in [0.1, 0.15) is 61.6 Å². The molecule has 0 heterocycles. The lowest BCUT2D eigenvalue weighted by molar-refractivity contribution is -0.141. The molecule has 43 heavy (non-hydrogen) atoms. The van der Waals surface area contributed by atoms with Gasteiger partial charge in [0.25, 0.3) is 0 Å². The van der Waals surface area contributed by atoms with Crippen molar-refractivity contribution in [1.82, 2.24) is 10.2 Å². The minimum Gasteiger partial charge on any atom is -0.352 e. The maximum Gasteiger partial charge on any atom is 0.243 e. The summed E-state index contributed by atoms with van der Waals surface area (Å²) in [6.07, 6.45) is 6.68. The molecule has 3 aromatic rings. The van der Waals surface area contributed by atoms with E-state index in [0.29, 0.717) is 11.3 Å². The van der Waals surface area contributed by atoms with E-state index in [1.165, 1.54) is 15.3 Å². The van der Waals surface area contributed by atoms with Gasteiger partial charge in [-0.05, 0) is 49.4 Å². The molecular formula is C34H42FN3O4S. The molecule has 1 aliphatic rings. The summed E-state index contributed by atoms with van der Waals surface area (Å²) < 4.78 is 41.6. The summed E-state index contributed by atoms with van der Waals surface area (Å²) in [5.41, 5.74) is 2.58. The molecular weight excluding hydrogens is 565 g/mol. The molecule has 1 N–H and O–H groups in total. The number of carbonyl (C=O) groups excluding carboxylic acids is 2. The highest BCUT2D eigenvalue weighted by atomic mass is 32.2. The van der Waals surface area contributed by atoms with Gasteiger partial charge in [-0.15, -0.1) is 0 Å². The smallest absolute Gasteiger partial charge is 0.243 e. The number of halogens is 1. The van der Waals surface area contributed by atoms with Crippen molar-refractivity contribution >= 4 is 27.5 Å². The molecule has 4 rings (SSSR count). The number of nitrogens with one attached hydrogen (secondary N) is 1. The van der Waals surface area contributed by atoms with Crippen molar-refractivity contribution in [3.8, 4) is 0 Å². The lowest BCUT2D eigenvalue weighted by atomic mass is 9.94. The Balaban J connectivity index is 1.60. The first-order valence-corrected chi connectivity index (χ1v) is 16.9. The summed E-state index contributed by atoms with van der Waals surface area (Å²) in [5.74, 6) is -1.03. The Hall–Kier alpha value is -3.72. The number of rotatable bonds is 13. The third-order valence-electron chi connectivity index (χ3n) is 8.06. The molecule has 1 fully saturated rings. The second kappa shape index (κ2) is 15.1. The molecule has 9 heteroatoms. The minimum absolute atomic E-state index is 0.00560. The predicted molar refractivity (Wildman–Crippen MR) is 169 cm³/mol. The lowest BCUT2D eigenvalue weighted by Crippen LogP contribution is -2.53. The van der Waals surface area contributed by atoms with Crippen LogP contribution >= 0.6 is 0 Å². The Morgan fingerprint density at radius 3 is 2.26 bits per heavy atom. The maximum absolute atomic E-state index is 14.9. The number of nitrogens with zero attached hydrogens (tertiary/aromatic N) is 2. The Morgan fingerprint density at radius 1 is 0.930 bits per heavy atom. The van der Waals surface area contributed by atoms with Gasteiger partial charge < -0.3 is 10.2 Å². The number of amides is 2. The highest BCUT2D eigenvalue weighted by molar-refractivity contribution is 7.92. The fourth-order valence-electron chi connectivity index (χ4n) is 5.73. The monoisotopic (exact) mass is 607 g/mol. The fourth-order valence-corrected chi connectivity index (χ4v) is 6.76. The van der Waals surface area contributed by atoms with Crippen molar-refractivity contribution in [2.24, 2.45) is 0 Å². The van der Waals surface area contributed by atoms with E-state index in [2.05, 4.69) is 5.32 Å². The SMILES string of the molecule is Cc1ccccc1N(CCCC(=O)N(Cc1ccccc1F)[C@@H](Cc1ccccc1)C(=O)NC1CCCCC1)S(C)(=O)=O. The van der Waals surface area contributed by atoms with Gasteiger partial charge >= 0.3 is 0 Å². The number of para-hydroxylation sites is 1. The summed E-state index contributed by atoms with van der Waals surface area (Å²) in [5, 5.41) is 3.18. The van der Waals surface area contributed by atoms with E-state index < -0.39 is 21.9 Å². The third-order valence-corrected chi connectivity index (χ3v) is 9.24. The molecule has 7 nitrogen and oxygen atoms in total. The number of aryl methyl sites for hydroxylation is 1. The Kier molecular flexibility index (Phi) is 11.3. The third kappa shape index (κ3) is 9.13. The van der Waals surface area contributed by atoms with E-state index in [0.717, 1.165) is 49.5 Å². The van der Waals surface area contributed by atoms with E-state index in [4.69, 9.17) is 0 Å². The minimum atomic E-state index is -3.60. The molecule has 0 unspecified atom stereocenters. The van der Waals surface area contributed by atoms with Gasteiger partial charge in [0.15, 0.2) is 0 Å². The van der Waals surface area contributed by atoms with Crippen LogP contribution in [0.25, 0.3) is 0 Å². The van der Waals surface area contributed by atoms with Crippen LogP contribution in [-0.4, -0.2) is 50.0 Å². The zero-order valence-electron chi connectivity index (χ0n) is 25.0. The lowest BCUT2D eigenvalue weighted by Gasteiger charge is -2.34. The van der Waals surface area contributed by atoms with Crippen LogP contribution in [-0.2, 0) is 32.6 Å². The average Bonchev–Trinajstić information content (AvgIpc) is 2.99. The topological polar surface area (TPSA) is 86.8 Å². The number of hydrogen-bond acceptors (Lipinski definition) is 4. The van der Waals surface area contributed by atoms with E-state index >= 15 is 0 Å². The summed E-state index contributed by atoms with van der Waals surface area (Å²) in [6, 6.07) is 22.2. The first-order valence-electron chi connectivity index (χ1n) is 15.0. The largest absolute Gasteiger partial charge is 0.352 e. The zero-order chi connectivity index (χ0) is 30.8. The number of hydrogen-bond donors (Lipinski definition) is 1. The van der Waals surface area contributed by atoms with Crippen molar-refractivity contribution < 1.29 is 22.4 Å². The molecule has 230 valence electrons. The maximum atomic E-state index is 14.9. The molecule has 1 aliphatic carbocycles. The van der Waals surface area contributed by atoms with Gasteiger partial charge in [0, 0.05) is 37.5 Å². The molecule has 0 aromatic heterocycles. The molecule has 0 saturated heterocycles. The van der Waals surface area contributed by atoms with Crippen molar-refractivity contribution in [3.05, 3.63) is 101 Å². The quantitative estimate of drug-likeness (QED) is 0.267. The zero-order valence-corrected chi connectivity index (χ0v) is 25.9. The van der Waals surface area contributed by atoms with E-state index in [1.807, 2.05) is 49.4 Å². The van der Waals surface area contributed by atoms with Gasteiger partial charge in [0.1, 0.15) is 11.9 Å². The molecule has 0 bridgehead atoms. The van der Waals surface area contributed by atoms with E-state index in [-0.39, 0.29) is 50.2 Å². The molecule has 0 aliphatic heterocycles. The summed E-state index contributed by atoms with van der Waals surface area (Å²) in [4.78, 5) is 29.3. The first-order chi connectivity index (χ1) is 20.6. The average molecular weight is 608 g/mol. The van der Waals surface area contributed by atoms with Crippen LogP contribution in [0.15, 0.2) is 78.9 Å². The van der Waals surface area contributed by atoms with Crippen molar-refractivity contribution in [1.29, 1.82) is 0 Å². The van der Waals surface area contributed by atoms with Crippen molar-refractivity contribution in [3.63, 3.8) is 0 Å². The van der Waals surface area contributed by atoms with Gasteiger partial charge in [-0.2, -0.15) is 0 Å². The molecule has 3 aromatic carbocycles. The summed E-state index contributed by atoms with van der Waals surface area (Å²) >= 11 is 0. The van der Waals surface area contributed by atoms with Gasteiger partial charge in [-0.25, -0.2) is 12.8 Å². The van der Waals surface area contributed by atoms with Crippen LogP contribution in [0.4, 0.5) is 10.1 Å². The van der Waals surface area contributed by atoms with Crippen molar-refractivity contribution in [2.45, 2.75) is 76.9 Å². The normalized spacial score (nSPS) is 14.6. The fraction of sp³-hybridized carbons (Fsp3) is 0.412. The van der Waals surface area contributed by atoms with Crippen LogP contribution < -0.4 is 9.62 Å². The summed E-state index contributed by atoms with van der Waals surface area (Å²) in [7, 11) is -3.60. The molecule has 0 spiro atoms. The Labute approximate surface area is 255 Å². The predicted octanol–water partition coefficient (Wildman–Crippen LogP) is 5.77. The molecule has 0 radical (unpaired) electrons. The standard InChI is InChI=1S/C34H42FN3O4S/c1-26-14-9-12-21-31(26)38(43(2,41)42)23-13-22-33(39)37(25-28-17-10-11-20-30(28)35)32(24-27-15-5-3-6-16-27)34(40)36-29-18-7-4-8-19-29/h3,5-6,9-12,14-17,20-21,29,32H,4,7-8,13,18-19,22-25H2,1-2H3,(H,36,40)/t32-/m0/s1. The second-order valence-electron chi connectivity index (χ2n) is 11.4. The first kappa shape index (κ1) is 32.2. The van der Waals surface area contributed by atoms with Gasteiger partial charge in [0.05, 0.1) is 11.9 Å². The number of sulfonamides is 1. The van der Waals surface area contributed by atoms with Crippen molar-refractivity contribution in [2.75, 3.05) is 17.1 Å². The van der Waals surface area contributed by atoms with Gasteiger partial charge in [-0.3, -0.25) is 13.9 Å². The van der Waals surface area contributed by atoms with Crippen LogP contribution in [0.5, 0.6) is 0 Å². The highest BCUT2D eigenvalue weighted by Crippen LogP contribution is 2.24. The van der Waals surface area contributed by atoms with Crippen LogP contribution in [0.2, 0.25) is 0 Å². The Morgan fingerprint density at radius 2 is 1.58 bits per heavy atom. The number of carbonyl (C=O) groups is 2. The number of anilines is 1. The molecule has 1 saturated carbocycles. The molecule has 2 amide bonds.